The van der Waals surface area contributed by atoms with Crippen molar-refractivity contribution >= 4 is 0 Å². The largest absolute Gasteiger partial charge is 0.380 e. The van der Waals surface area contributed by atoms with Crippen LogP contribution in [0.5, 0.6) is 0 Å². The second-order valence-corrected chi connectivity index (χ2v) is 7.51. The van der Waals surface area contributed by atoms with Gasteiger partial charge >= 0.3 is 0 Å². The van der Waals surface area contributed by atoms with E-state index in [1.807, 2.05) is 29.9 Å². The van der Waals surface area contributed by atoms with Gasteiger partial charge in [0.05, 0.1) is 22.8 Å². The van der Waals surface area contributed by atoms with E-state index in [1.165, 1.54) is 0 Å². The number of rotatable bonds is 5. The molecule has 3 aromatic rings. The summed E-state index contributed by atoms with van der Waals surface area (Å²) in [5, 5.41) is 23.6. The van der Waals surface area contributed by atoms with E-state index in [9.17, 15) is 5.11 Å². The van der Waals surface area contributed by atoms with Gasteiger partial charge in [0.25, 0.3) is 0 Å². The normalized spacial score (nSPS) is 16.5. The quantitative estimate of drug-likeness (QED) is 0.741. The van der Waals surface area contributed by atoms with Crippen molar-refractivity contribution in [3.63, 3.8) is 0 Å². The van der Waals surface area contributed by atoms with Gasteiger partial charge in [-0.2, -0.15) is 10.2 Å². The Morgan fingerprint density at radius 3 is 2.81 bits per heavy atom. The predicted molar refractivity (Wildman–Crippen MR) is 98.8 cm³/mol. The summed E-state index contributed by atoms with van der Waals surface area (Å²) in [6.07, 6.45) is 1.92. The van der Waals surface area contributed by atoms with Crippen LogP contribution in [0.2, 0.25) is 0 Å². The molecule has 1 unspecified atom stereocenters. The lowest BCUT2D eigenvalue weighted by Gasteiger charge is -2.17. The Balaban J connectivity index is 1.50. The predicted octanol–water partition coefficient (Wildman–Crippen LogP) is 2.22. The molecular formula is C19H26N6O2. The molecule has 1 atom stereocenters. The Labute approximate surface area is 158 Å². The number of fused-ring (bicyclic) bond motifs is 1. The third kappa shape index (κ3) is 3.68. The molecule has 0 bridgehead atoms. The Bertz CT molecular complexity index is 909. The first-order chi connectivity index (χ1) is 13.0. The monoisotopic (exact) mass is 370 g/mol. The average molecular weight is 370 g/mol. The molecular weight excluding hydrogens is 344 g/mol. The highest BCUT2D eigenvalue weighted by Gasteiger charge is 2.23. The summed E-state index contributed by atoms with van der Waals surface area (Å²) < 4.78 is 9.11. The molecule has 144 valence electrons. The molecule has 0 aliphatic carbocycles. The van der Waals surface area contributed by atoms with E-state index in [-0.39, 0.29) is 0 Å². The molecule has 0 saturated heterocycles. The van der Waals surface area contributed by atoms with E-state index < -0.39 is 6.10 Å². The smallest absolute Gasteiger partial charge is 0.139 e. The highest BCUT2D eigenvalue weighted by atomic mass is 16.5. The van der Waals surface area contributed by atoms with Gasteiger partial charge in [-0.15, -0.1) is 0 Å². The van der Waals surface area contributed by atoms with E-state index in [4.69, 9.17) is 4.52 Å². The lowest BCUT2D eigenvalue weighted by molar-refractivity contribution is 0.203. The van der Waals surface area contributed by atoms with Crippen molar-refractivity contribution in [2.24, 2.45) is 7.05 Å². The van der Waals surface area contributed by atoms with Crippen molar-refractivity contribution in [3.8, 4) is 0 Å². The fourth-order valence-corrected chi connectivity index (χ4v) is 3.53. The first kappa shape index (κ1) is 17.9. The zero-order valence-electron chi connectivity index (χ0n) is 16.0. The van der Waals surface area contributed by atoms with Crippen molar-refractivity contribution in [2.75, 3.05) is 6.54 Å². The van der Waals surface area contributed by atoms with E-state index in [1.54, 1.807) is 10.9 Å². The van der Waals surface area contributed by atoms with Crippen molar-refractivity contribution in [3.05, 3.63) is 52.9 Å². The maximum absolute atomic E-state index is 10.7. The molecule has 8 heteroatoms. The first-order valence-corrected chi connectivity index (χ1v) is 9.41. The van der Waals surface area contributed by atoms with Gasteiger partial charge in [-0.3, -0.25) is 14.3 Å². The molecule has 0 fully saturated rings. The molecule has 4 rings (SSSR count). The van der Waals surface area contributed by atoms with Crippen LogP contribution >= 0.6 is 0 Å². The molecule has 1 aliphatic rings. The number of aliphatic hydroxyl groups is 1. The SMILES string of the molecule is CC(C)c1cc(CN2CCCn3nc(C(O)c4ccnn4C)cc3C2)no1. The number of nitrogens with zero attached hydrogens (tertiary/aromatic N) is 6. The van der Waals surface area contributed by atoms with Gasteiger partial charge in [0, 0.05) is 51.4 Å². The standard InChI is InChI=1S/C19H26N6O2/c1-13(2)18-9-14(22-27-18)11-24-7-4-8-25-15(12-24)10-16(21-25)19(26)17-5-6-20-23(17)3/h5-6,9-10,13,19,26H,4,7-8,11-12H2,1-3H3. The number of aromatic nitrogens is 5. The maximum Gasteiger partial charge on any atom is 0.139 e. The Morgan fingerprint density at radius 1 is 1.26 bits per heavy atom. The molecule has 0 aromatic carbocycles. The van der Waals surface area contributed by atoms with Crippen molar-refractivity contribution in [1.29, 1.82) is 0 Å². The molecule has 1 N–H and O–H groups in total. The van der Waals surface area contributed by atoms with Gasteiger partial charge in [-0.05, 0) is 18.6 Å². The highest BCUT2D eigenvalue weighted by Crippen LogP contribution is 2.24. The van der Waals surface area contributed by atoms with Crippen LogP contribution in [0.4, 0.5) is 0 Å². The summed E-state index contributed by atoms with van der Waals surface area (Å²) in [4.78, 5) is 2.35. The van der Waals surface area contributed by atoms with Crippen LogP contribution in [0, 0.1) is 0 Å². The number of aliphatic hydroxyl groups excluding tert-OH is 1. The minimum absolute atomic E-state index is 0.341. The average Bonchev–Trinajstić information content (AvgIpc) is 3.33. The van der Waals surface area contributed by atoms with Gasteiger partial charge in [0.15, 0.2) is 0 Å². The summed E-state index contributed by atoms with van der Waals surface area (Å²) in [6.45, 7) is 7.55. The summed E-state index contributed by atoms with van der Waals surface area (Å²) >= 11 is 0. The lowest BCUT2D eigenvalue weighted by atomic mass is 10.1. The minimum atomic E-state index is -0.769. The van der Waals surface area contributed by atoms with E-state index in [0.29, 0.717) is 11.6 Å². The Morgan fingerprint density at radius 2 is 2.11 bits per heavy atom. The second-order valence-electron chi connectivity index (χ2n) is 7.51. The fourth-order valence-electron chi connectivity index (χ4n) is 3.53. The third-order valence-electron chi connectivity index (χ3n) is 5.06. The van der Waals surface area contributed by atoms with Crippen LogP contribution in [0.25, 0.3) is 0 Å². The Hall–Kier alpha value is -2.45. The van der Waals surface area contributed by atoms with Crippen molar-refractivity contribution in [1.82, 2.24) is 29.6 Å². The summed E-state index contributed by atoms with van der Waals surface area (Å²) in [5.74, 6) is 1.26. The van der Waals surface area contributed by atoms with E-state index >= 15 is 0 Å². The van der Waals surface area contributed by atoms with Crippen molar-refractivity contribution < 1.29 is 9.63 Å². The maximum atomic E-state index is 10.7. The number of aryl methyl sites for hydroxylation is 2. The molecule has 3 aromatic heterocycles. The van der Waals surface area contributed by atoms with Gasteiger partial charge in [-0.25, -0.2) is 0 Å². The topological polar surface area (TPSA) is 85.1 Å². The van der Waals surface area contributed by atoms with Gasteiger partial charge < -0.3 is 9.63 Å². The minimum Gasteiger partial charge on any atom is -0.380 e. The second kappa shape index (κ2) is 7.28. The lowest BCUT2D eigenvalue weighted by Crippen LogP contribution is -2.22. The zero-order valence-corrected chi connectivity index (χ0v) is 16.0. The molecule has 0 saturated carbocycles. The molecule has 0 amide bonds. The van der Waals surface area contributed by atoms with Gasteiger partial charge in [0.1, 0.15) is 11.9 Å². The van der Waals surface area contributed by atoms with Gasteiger partial charge in [0.2, 0.25) is 0 Å². The van der Waals surface area contributed by atoms with E-state index in [2.05, 4.69) is 34.1 Å². The van der Waals surface area contributed by atoms with E-state index in [0.717, 1.165) is 55.4 Å². The first-order valence-electron chi connectivity index (χ1n) is 9.41. The van der Waals surface area contributed by atoms with Crippen LogP contribution < -0.4 is 0 Å². The highest BCUT2D eigenvalue weighted by molar-refractivity contribution is 5.22. The summed E-state index contributed by atoms with van der Waals surface area (Å²) in [5.41, 5.74) is 3.47. The molecule has 27 heavy (non-hydrogen) atoms. The number of hydrogen-bond donors (Lipinski definition) is 1. The van der Waals surface area contributed by atoms with Crippen LogP contribution in [-0.4, -0.2) is 41.3 Å². The molecule has 8 nitrogen and oxygen atoms in total. The van der Waals surface area contributed by atoms with Crippen LogP contribution in [0.1, 0.15) is 60.8 Å². The molecule has 0 radical (unpaired) electrons. The number of hydrogen-bond acceptors (Lipinski definition) is 6. The van der Waals surface area contributed by atoms with Crippen LogP contribution in [0.15, 0.2) is 28.9 Å². The molecule has 4 heterocycles. The third-order valence-corrected chi connectivity index (χ3v) is 5.06. The van der Waals surface area contributed by atoms with Crippen LogP contribution in [0.3, 0.4) is 0 Å². The fraction of sp³-hybridized carbons (Fsp3) is 0.526. The van der Waals surface area contributed by atoms with Gasteiger partial charge in [-0.1, -0.05) is 19.0 Å². The molecule has 0 spiro atoms. The van der Waals surface area contributed by atoms with Crippen LogP contribution in [-0.2, 0) is 26.7 Å². The summed E-state index contributed by atoms with van der Waals surface area (Å²) in [7, 11) is 1.82. The zero-order chi connectivity index (χ0) is 19.0. The Kier molecular flexibility index (Phi) is 4.84. The molecule has 1 aliphatic heterocycles. The summed E-state index contributed by atoms with van der Waals surface area (Å²) in [6, 6.07) is 5.86. The van der Waals surface area contributed by atoms with Crippen molar-refractivity contribution in [2.45, 2.75) is 51.9 Å².